The smallest absolute Gasteiger partial charge is 0.280 e. The lowest BCUT2D eigenvalue weighted by Gasteiger charge is -2.44. The van der Waals surface area contributed by atoms with E-state index >= 15 is 0 Å². The molecule has 3 fully saturated rings. The summed E-state index contributed by atoms with van der Waals surface area (Å²) in [6.45, 7) is 5.36. The third-order valence-corrected chi connectivity index (χ3v) is 6.91. The number of hydrogen-bond acceptors (Lipinski definition) is 5. The Hall–Kier alpha value is -1.24. The SMILES string of the molecule is Cc1nc(C(=O)NC2CN3CCC2CC3)sc1-c1cccs1. The number of rotatable bonds is 3. The molecule has 22 heavy (non-hydrogen) atoms. The number of thiophene rings is 1. The van der Waals surface area contributed by atoms with Gasteiger partial charge in [0.05, 0.1) is 10.6 Å². The van der Waals surface area contributed by atoms with E-state index in [-0.39, 0.29) is 5.91 Å². The predicted octanol–water partition coefficient (Wildman–Crippen LogP) is 3.00. The first-order valence-corrected chi connectivity index (χ1v) is 9.45. The van der Waals surface area contributed by atoms with E-state index in [1.54, 1.807) is 11.3 Å². The fourth-order valence-corrected chi connectivity index (χ4v) is 5.36. The van der Waals surface area contributed by atoms with Crippen molar-refractivity contribution in [3.8, 4) is 9.75 Å². The van der Waals surface area contributed by atoms with Crippen LogP contribution in [0.3, 0.4) is 0 Å². The predicted molar refractivity (Wildman–Crippen MR) is 90.6 cm³/mol. The highest BCUT2D eigenvalue weighted by Crippen LogP contribution is 2.33. The van der Waals surface area contributed by atoms with Gasteiger partial charge in [-0.3, -0.25) is 4.79 Å². The highest BCUT2D eigenvalue weighted by Gasteiger charge is 2.35. The molecule has 1 amide bonds. The summed E-state index contributed by atoms with van der Waals surface area (Å²) in [5, 5.41) is 5.87. The first-order chi connectivity index (χ1) is 10.7. The van der Waals surface area contributed by atoms with Gasteiger partial charge >= 0.3 is 0 Å². The maximum atomic E-state index is 12.5. The fourth-order valence-electron chi connectivity index (χ4n) is 3.49. The maximum Gasteiger partial charge on any atom is 0.280 e. The van der Waals surface area contributed by atoms with Crippen LogP contribution in [-0.4, -0.2) is 41.5 Å². The number of carbonyl (C=O) groups is 1. The molecule has 4 nitrogen and oxygen atoms in total. The Morgan fingerprint density at radius 1 is 1.41 bits per heavy atom. The first kappa shape index (κ1) is 14.4. The number of aromatic nitrogens is 1. The molecule has 3 aliphatic rings. The molecular weight excluding hydrogens is 314 g/mol. The van der Waals surface area contributed by atoms with Crippen molar-refractivity contribution in [3.63, 3.8) is 0 Å². The fraction of sp³-hybridized carbons (Fsp3) is 0.500. The zero-order valence-electron chi connectivity index (χ0n) is 12.5. The average Bonchev–Trinajstić information content (AvgIpc) is 3.17. The summed E-state index contributed by atoms with van der Waals surface area (Å²) in [6.07, 6.45) is 2.42. The molecule has 0 aliphatic carbocycles. The van der Waals surface area contributed by atoms with Crippen molar-refractivity contribution in [1.82, 2.24) is 15.2 Å². The summed E-state index contributed by atoms with van der Waals surface area (Å²) in [5.41, 5.74) is 0.950. The van der Waals surface area contributed by atoms with E-state index in [0.717, 1.165) is 17.1 Å². The van der Waals surface area contributed by atoms with Gasteiger partial charge in [-0.1, -0.05) is 6.07 Å². The van der Waals surface area contributed by atoms with Gasteiger partial charge in [0.25, 0.3) is 5.91 Å². The Labute approximate surface area is 138 Å². The topological polar surface area (TPSA) is 45.2 Å². The van der Waals surface area contributed by atoms with Gasteiger partial charge in [-0.15, -0.1) is 22.7 Å². The van der Waals surface area contributed by atoms with Crippen LogP contribution >= 0.6 is 22.7 Å². The van der Waals surface area contributed by atoms with E-state index in [1.807, 2.05) is 13.0 Å². The molecule has 3 saturated heterocycles. The van der Waals surface area contributed by atoms with E-state index in [1.165, 1.54) is 42.1 Å². The normalized spacial score (nSPS) is 27.0. The van der Waals surface area contributed by atoms with Crippen LogP contribution in [0.15, 0.2) is 17.5 Å². The van der Waals surface area contributed by atoms with Crippen LogP contribution in [0.25, 0.3) is 9.75 Å². The molecule has 2 aromatic heterocycles. The van der Waals surface area contributed by atoms with Crippen molar-refractivity contribution in [2.24, 2.45) is 5.92 Å². The number of thiazole rings is 1. The largest absolute Gasteiger partial charge is 0.346 e. The van der Waals surface area contributed by atoms with Crippen molar-refractivity contribution in [2.75, 3.05) is 19.6 Å². The summed E-state index contributed by atoms with van der Waals surface area (Å²) in [7, 11) is 0. The van der Waals surface area contributed by atoms with Crippen molar-refractivity contribution in [1.29, 1.82) is 0 Å². The number of aryl methyl sites for hydroxylation is 1. The van der Waals surface area contributed by atoms with Gasteiger partial charge in [0.15, 0.2) is 5.01 Å². The minimum Gasteiger partial charge on any atom is -0.346 e. The number of carbonyl (C=O) groups excluding carboxylic acids is 1. The summed E-state index contributed by atoms with van der Waals surface area (Å²) in [6, 6.07) is 4.41. The number of hydrogen-bond donors (Lipinski definition) is 1. The lowest BCUT2D eigenvalue weighted by Crippen LogP contribution is -2.57. The van der Waals surface area contributed by atoms with Crippen LogP contribution in [0.2, 0.25) is 0 Å². The number of nitrogens with zero attached hydrogens (tertiary/aromatic N) is 2. The average molecular weight is 333 g/mol. The molecule has 2 aromatic rings. The summed E-state index contributed by atoms with van der Waals surface area (Å²) >= 11 is 3.20. The molecule has 2 bridgehead atoms. The van der Waals surface area contributed by atoms with Gasteiger partial charge in [0, 0.05) is 17.5 Å². The Balaban J connectivity index is 1.50. The number of amides is 1. The standard InChI is InChI=1S/C16H19N3OS2/c1-10-14(13-3-2-8-21-13)22-16(17-10)15(20)18-12-9-19-6-4-11(12)5-7-19/h2-3,8,11-12H,4-7,9H2,1H3,(H,18,20). The molecule has 6 heteroatoms. The molecule has 1 unspecified atom stereocenters. The lowest BCUT2D eigenvalue weighted by atomic mass is 9.84. The molecule has 1 N–H and O–H groups in total. The monoisotopic (exact) mass is 333 g/mol. The Morgan fingerprint density at radius 3 is 2.86 bits per heavy atom. The Morgan fingerprint density at radius 2 is 2.23 bits per heavy atom. The highest BCUT2D eigenvalue weighted by molar-refractivity contribution is 7.22. The number of fused-ring (bicyclic) bond motifs is 3. The highest BCUT2D eigenvalue weighted by atomic mass is 32.1. The molecule has 0 aromatic carbocycles. The molecule has 5 heterocycles. The van der Waals surface area contributed by atoms with Gasteiger partial charge in [-0.2, -0.15) is 0 Å². The zero-order chi connectivity index (χ0) is 15.1. The minimum absolute atomic E-state index is 0.00495. The van der Waals surface area contributed by atoms with Crippen LogP contribution in [0, 0.1) is 12.8 Å². The van der Waals surface area contributed by atoms with Gasteiger partial charge in [0.2, 0.25) is 0 Å². The first-order valence-electron chi connectivity index (χ1n) is 7.75. The molecule has 1 atom stereocenters. The van der Waals surface area contributed by atoms with Gasteiger partial charge in [-0.05, 0) is 50.2 Å². The van der Waals surface area contributed by atoms with Crippen molar-refractivity contribution in [3.05, 3.63) is 28.2 Å². The molecule has 0 radical (unpaired) electrons. The molecule has 0 saturated carbocycles. The lowest BCUT2D eigenvalue weighted by molar-refractivity contribution is 0.0620. The third kappa shape index (κ3) is 2.59. The zero-order valence-corrected chi connectivity index (χ0v) is 14.2. The van der Waals surface area contributed by atoms with Gasteiger partial charge in [-0.25, -0.2) is 4.98 Å². The van der Waals surface area contributed by atoms with E-state index in [0.29, 0.717) is 17.0 Å². The second kappa shape index (κ2) is 5.76. The van der Waals surface area contributed by atoms with Crippen LogP contribution in [0.5, 0.6) is 0 Å². The van der Waals surface area contributed by atoms with E-state index < -0.39 is 0 Å². The van der Waals surface area contributed by atoms with Crippen molar-refractivity contribution >= 4 is 28.6 Å². The molecule has 0 spiro atoms. The summed E-state index contributed by atoms with van der Waals surface area (Å²) in [5.74, 6) is 0.640. The van der Waals surface area contributed by atoms with Gasteiger partial charge in [0.1, 0.15) is 0 Å². The van der Waals surface area contributed by atoms with Crippen molar-refractivity contribution < 1.29 is 4.79 Å². The number of nitrogens with one attached hydrogen (secondary N) is 1. The van der Waals surface area contributed by atoms with Crippen molar-refractivity contribution in [2.45, 2.75) is 25.8 Å². The second-order valence-corrected chi connectivity index (χ2v) is 8.08. The minimum atomic E-state index is -0.00495. The quantitative estimate of drug-likeness (QED) is 0.939. The Kier molecular flexibility index (Phi) is 3.76. The Bertz CT molecular complexity index is 672. The summed E-state index contributed by atoms with van der Waals surface area (Å²) < 4.78 is 0. The van der Waals surface area contributed by atoms with E-state index in [9.17, 15) is 4.79 Å². The van der Waals surface area contributed by atoms with Crippen LogP contribution in [0.4, 0.5) is 0 Å². The van der Waals surface area contributed by atoms with Crippen LogP contribution in [-0.2, 0) is 0 Å². The second-order valence-electron chi connectivity index (χ2n) is 6.13. The van der Waals surface area contributed by atoms with E-state index in [4.69, 9.17) is 0 Å². The van der Waals surface area contributed by atoms with Gasteiger partial charge < -0.3 is 10.2 Å². The molecular formula is C16H19N3OS2. The number of piperidine rings is 3. The van der Waals surface area contributed by atoms with Crippen LogP contribution < -0.4 is 5.32 Å². The maximum absolute atomic E-state index is 12.5. The molecule has 3 aliphatic heterocycles. The van der Waals surface area contributed by atoms with E-state index in [2.05, 4.69) is 26.6 Å². The third-order valence-electron chi connectivity index (χ3n) is 4.71. The molecule has 116 valence electrons. The molecule has 5 rings (SSSR count). The van der Waals surface area contributed by atoms with Crippen LogP contribution in [0.1, 0.15) is 28.3 Å². The summed E-state index contributed by atoms with van der Waals surface area (Å²) in [4.78, 5) is 21.8.